The highest BCUT2D eigenvalue weighted by molar-refractivity contribution is 5.95. The van der Waals surface area contributed by atoms with Crippen LogP contribution >= 0.6 is 0 Å². The summed E-state index contributed by atoms with van der Waals surface area (Å²) < 4.78 is 30.8. The van der Waals surface area contributed by atoms with Gasteiger partial charge in [0.15, 0.2) is 6.61 Å². The van der Waals surface area contributed by atoms with Gasteiger partial charge in [-0.25, -0.2) is 13.6 Å². The number of esters is 1. The van der Waals surface area contributed by atoms with Crippen molar-refractivity contribution < 1.29 is 28.2 Å². The average molecular weight is 307 g/mol. The van der Waals surface area contributed by atoms with E-state index in [0.717, 1.165) is 12.1 Å². The van der Waals surface area contributed by atoms with E-state index < -0.39 is 30.1 Å². The molecule has 2 rings (SSSR count). The Morgan fingerprint density at radius 3 is 2.41 bits per heavy atom. The SMILES string of the molecule is O=C(COC(=O)c1ccc(O)cc1)Nc1ccc(F)cc1F. The van der Waals surface area contributed by atoms with Crippen LogP contribution in [0.2, 0.25) is 0 Å². The molecule has 0 unspecified atom stereocenters. The van der Waals surface area contributed by atoms with Crippen molar-refractivity contribution >= 4 is 17.6 Å². The van der Waals surface area contributed by atoms with Crippen LogP contribution in [-0.2, 0) is 9.53 Å². The lowest BCUT2D eigenvalue weighted by Gasteiger charge is -2.07. The molecule has 0 aromatic heterocycles. The van der Waals surface area contributed by atoms with Gasteiger partial charge in [0.2, 0.25) is 0 Å². The summed E-state index contributed by atoms with van der Waals surface area (Å²) in [6, 6.07) is 7.92. The number of carbonyl (C=O) groups is 2. The lowest BCUT2D eigenvalue weighted by molar-refractivity contribution is -0.119. The molecule has 0 bridgehead atoms. The molecule has 7 heteroatoms. The fourth-order valence-corrected chi connectivity index (χ4v) is 1.59. The molecule has 2 aromatic carbocycles. The molecule has 0 fully saturated rings. The van der Waals surface area contributed by atoms with Gasteiger partial charge in [0.25, 0.3) is 5.91 Å². The van der Waals surface area contributed by atoms with E-state index in [4.69, 9.17) is 9.84 Å². The normalized spacial score (nSPS) is 10.1. The van der Waals surface area contributed by atoms with E-state index >= 15 is 0 Å². The molecule has 114 valence electrons. The first-order valence-electron chi connectivity index (χ1n) is 6.17. The Kier molecular flexibility index (Phi) is 4.67. The molecule has 0 radical (unpaired) electrons. The summed E-state index contributed by atoms with van der Waals surface area (Å²) in [5, 5.41) is 11.2. The van der Waals surface area contributed by atoms with Crippen LogP contribution in [0.15, 0.2) is 42.5 Å². The van der Waals surface area contributed by atoms with Gasteiger partial charge in [-0.2, -0.15) is 0 Å². The number of nitrogens with one attached hydrogen (secondary N) is 1. The number of phenolic OH excluding ortho intramolecular Hbond substituents is 1. The Morgan fingerprint density at radius 2 is 1.77 bits per heavy atom. The van der Waals surface area contributed by atoms with Crippen LogP contribution in [0.5, 0.6) is 5.75 Å². The summed E-state index contributed by atoms with van der Waals surface area (Å²) in [6.07, 6.45) is 0. The summed E-state index contributed by atoms with van der Waals surface area (Å²) >= 11 is 0. The van der Waals surface area contributed by atoms with Crippen molar-refractivity contribution in [2.24, 2.45) is 0 Å². The third kappa shape index (κ3) is 4.02. The molecular weight excluding hydrogens is 296 g/mol. The van der Waals surface area contributed by atoms with Crippen molar-refractivity contribution in [1.29, 1.82) is 0 Å². The molecule has 0 aliphatic rings. The van der Waals surface area contributed by atoms with E-state index in [-0.39, 0.29) is 17.0 Å². The molecule has 0 spiro atoms. The summed E-state index contributed by atoms with van der Waals surface area (Å²) in [6.45, 7) is -0.628. The minimum absolute atomic E-state index is 0.0129. The van der Waals surface area contributed by atoms with Gasteiger partial charge in [-0.05, 0) is 36.4 Å². The molecule has 1 amide bonds. The third-order valence-corrected chi connectivity index (χ3v) is 2.64. The maximum atomic E-state index is 13.3. The Labute approximate surface area is 124 Å². The van der Waals surface area contributed by atoms with Crippen LogP contribution < -0.4 is 5.32 Å². The van der Waals surface area contributed by atoms with E-state index in [9.17, 15) is 18.4 Å². The highest BCUT2D eigenvalue weighted by Crippen LogP contribution is 2.15. The van der Waals surface area contributed by atoms with Crippen molar-refractivity contribution in [3.63, 3.8) is 0 Å². The number of anilines is 1. The summed E-state index contributed by atoms with van der Waals surface area (Å²) in [4.78, 5) is 23.2. The van der Waals surface area contributed by atoms with Gasteiger partial charge in [0, 0.05) is 6.07 Å². The molecule has 5 nitrogen and oxygen atoms in total. The van der Waals surface area contributed by atoms with Gasteiger partial charge in [-0.1, -0.05) is 0 Å². The monoisotopic (exact) mass is 307 g/mol. The Balaban J connectivity index is 1.89. The lowest BCUT2D eigenvalue weighted by atomic mass is 10.2. The second kappa shape index (κ2) is 6.66. The van der Waals surface area contributed by atoms with Crippen LogP contribution in [-0.4, -0.2) is 23.6 Å². The summed E-state index contributed by atoms with van der Waals surface area (Å²) in [5.41, 5.74) is -0.0642. The minimum Gasteiger partial charge on any atom is -0.508 e. The number of amides is 1. The number of carbonyl (C=O) groups excluding carboxylic acids is 2. The topological polar surface area (TPSA) is 75.6 Å². The maximum absolute atomic E-state index is 13.3. The zero-order valence-corrected chi connectivity index (χ0v) is 11.2. The fourth-order valence-electron chi connectivity index (χ4n) is 1.59. The molecule has 0 atom stereocenters. The highest BCUT2D eigenvalue weighted by atomic mass is 19.1. The number of halogens is 2. The van der Waals surface area contributed by atoms with E-state index in [0.29, 0.717) is 6.07 Å². The number of phenols is 1. The number of benzene rings is 2. The van der Waals surface area contributed by atoms with Gasteiger partial charge in [0.05, 0.1) is 11.3 Å². The van der Waals surface area contributed by atoms with Gasteiger partial charge in [-0.3, -0.25) is 4.79 Å². The van der Waals surface area contributed by atoms with Crippen molar-refractivity contribution in [2.75, 3.05) is 11.9 Å². The molecule has 0 saturated heterocycles. The molecule has 22 heavy (non-hydrogen) atoms. The maximum Gasteiger partial charge on any atom is 0.338 e. The van der Waals surface area contributed by atoms with Crippen molar-refractivity contribution in [1.82, 2.24) is 0 Å². The van der Waals surface area contributed by atoms with Crippen LogP contribution in [0.3, 0.4) is 0 Å². The largest absolute Gasteiger partial charge is 0.508 e. The molecule has 0 saturated carbocycles. The smallest absolute Gasteiger partial charge is 0.338 e. The van der Waals surface area contributed by atoms with Gasteiger partial charge in [-0.15, -0.1) is 0 Å². The quantitative estimate of drug-likeness (QED) is 0.851. The molecule has 2 aromatic rings. The van der Waals surface area contributed by atoms with Gasteiger partial charge in [0.1, 0.15) is 17.4 Å². The number of rotatable bonds is 4. The second-order valence-corrected chi connectivity index (χ2v) is 4.30. The van der Waals surface area contributed by atoms with E-state index in [1.165, 1.54) is 24.3 Å². The Bertz CT molecular complexity index is 701. The van der Waals surface area contributed by atoms with Gasteiger partial charge < -0.3 is 15.2 Å². The average Bonchev–Trinajstić information content (AvgIpc) is 2.48. The zero-order chi connectivity index (χ0) is 16.1. The standard InChI is InChI=1S/C15H11F2NO4/c16-10-3-6-13(12(17)7-10)18-14(20)8-22-15(21)9-1-4-11(19)5-2-9/h1-7,19H,8H2,(H,18,20). The van der Waals surface area contributed by atoms with E-state index in [1.807, 2.05) is 0 Å². The lowest BCUT2D eigenvalue weighted by Crippen LogP contribution is -2.21. The fraction of sp³-hybridized carbons (Fsp3) is 0.0667. The van der Waals surface area contributed by atoms with Crippen LogP contribution in [0.25, 0.3) is 0 Å². The first-order valence-corrected chi connectivity index (χ1v) is 6.17. The Hall–Kier alpha value is -2.96. The third-order valence-electron chi connectivity index (χ3n) is 2.64. The number of aromatic hydroxyl groups is 1. The zero-order valence-electron chi connectivity index (χ0n) is 11.2. The van der Waals surface area contributed by atoms with E-state index in [1.54, 1.807) is 0 Å². The first-order chi connectivity index (χ1) is 10.5. The molecule has 2 N–H and O–H groups in total. The number of hydrogen-bond acceptors (Lipinski definition) is 4. The van der Waals surface area contributed by atoms with Crippen molar-refractivity contribution in [3.05, 3.63) is 59.7 Å². The second-order valence-electron chi connectivity index (χ2n) is 4.30. The first kappa shape index (κ1) is 15.4. The molecular formula is C15H11F2NO4. The van der Waals surface area contributed by atoms with E-state index in [2.05, 4.69) is 5.32 Å². The Morgan fingerprint density at radius 1 is 1.09 bits per heavy atom. The minimum atomic E-state index is -0.932. The highest BCUT2D eigenvalue weighted by Gasteiger charge is 2.12. The molecule has 0 heterocycles. The van der Waals surface area contributed by atoms with Crippen molar-refractivity contribution in [2.45, 2.75) is 0 Å². The molecule has 0 aliphatic heterocycles. The van der Waals surface area contributed by atoms with Gasteiger partial charge >= 0.3 is 5.97 Å². The van der Waals surface area contributed by atoms with Crippen molar-refractivity contribution in [3.8, 4) is 5.75 Å². The molecule has 0 aliphatic carbocycles. The predicted molar refractivity (Wildman–Crippen MR) is 73.4 cm³/mol. The van der Waals surface area contributed by atoms with Crippen LogP contribution in [0.1, 0.15) is 10.4 Å². The summed E-state index contributed by atoms with van der Waals surface area (Å²) in [7, 11) is 0. The number of hydrogen-bond donors (Lipinski definition) is 2. The number of ether oxygens (including phenoxy) is 1. The van der Waals surface area contributed by atoms with Crippen LogP contribution in [0, 0.1) is 11.6 Å². The predicted octanol–water partition coefficient (Wildman–Crippen LogP) is 2.47. The summed E-state index contributed by atoms with van der Waals surface area (Å²) in [5.74, 6) is -3.25. The van der Waals surface area contributed by atoms with Crippen LogP contribution in [0.4, 0.5) is 14.5 Å².